The van der Waals surface area contributed by atoms with Gasteiger partial charge in [-0.2, -0.15) is 0 Å². The van der Waals surface area contributed by atoms with Crippen LogP contribution in [-0.4, -0.2) is 21.9 Å². The summed E-state index contributed by atoms with van der Waals surface area (Å²) in [6, 6.07) is 4.26. The minimum absolute atomic E-state index is 0.114. The largest absolute Gasteiger partial charge is 0.397 e. The van der Waals surface area contributed by atoms with Gasteiger partial charge in [-0.05, 0) is 48.3 Å². The summed E-state index contributed by atoms with van der Waals surface area (Å²) < 4.78 is 1.84. The van der Waals surface area contributed by atoms with Crippen molar-refractivity contribution in [3.05, 3.63) is 39.8 Å². The van der Waals surface area contributed by atoms with Gasteiger partial charge < -0.3 is 15.2 Å². The number of rotatable bonds is 2. The molecule has 0 spiro atoms. The fourth-order valence-corrected chi connectivity index (χ4v) is 4.36. The van der Waals surface area contributed by atoms with Crippen molar-refractivity contribution >= 4 is 22.9 Å². The van der Waals surface area contributed by atoms with Gasteiger partial charge >= 0.3 is 0 Å². The summed E-state index contributed by atoms with van der Waals surface area (Å²) in [6.07, 6.45) is 5.25. The van der Waals surface area contributed by atoms with Gasteiger partial charge in [0.2, 0.25) is 0 Å². The minimum Gasteiger partial charge on any atom is -0.397 e. The highest BCUT2D eigenvalue weighted by atomic mass is 32.1. The Morgan fingerprint density at radius 1 is 1.43 bits per heavy atom. The number of carbonyl (C=O) groups excluding carboxylic acids is 1. The van der Waals surface area contributed by atoms with Crippen LogP contribution in [0.5, 0.6) is 0 Å². The van der Waals surface area contributed by atoms with E-state index in [-0.39, 0.29) is 11.9 Å². The molecule has 3 heterocycles. The van der Waals surface area contributed by atoms with Crippen molar-refractivity contribution < 1.29 is 4.79 Å². The summed E-state index contributed by atoms with van der Waals surface area (Å²) in [5.41, 5.74) is 8.54. The Kier molecular flexibility index (Phi) is 2.85. The highest BCUT2D eigenvalue weighted by Gasteiger charge is 2.42. The molecule has 4 nitrogen and oxygen atoms in total. The quantitative estimate of drug-likeness (QED) is 0.927. The van der Waals surface area contributed by atoms with Gasteiger partial charge in [0.15, 0.2) is 0 Å². The van der Waals surface area contributed by atoms with Crippen LogP contribution in [0.4, 0.5) is 5.69 Å². The lowest BCUT2D eigenvalue weighted by Crippen LogP contribution is -2.41. The molecule has 1 unspecified atom stereocenters. The van der Waals surface area contributed by atoms with E-state index < -0.39 is 0 Å². The van der Waals surface area contributed by atoms with Crippen LogP contribution in [0, 0.1) is 5.92 Å². The van der Waals surface area contributed by atoms with Crippen LogP contribution in [0.25, 0.3) is 0 Å². The third-order valence-electron chi connectivity index (χ3n) is 4.59. The number of amides is 1. The monoisotopic (exact) mass is 301 g/mol. The van der Waals surface area contributed by atoms with Gasteiger partial charge in [0.05, 0.1) is 11.7 Å². The first kappa shape index (κ1) is 13.0. The second-order valence-electron chi connectivity index (χ2n) is 6.10. The number of fused-ring (bicyclic) bond motifs is 1. The summed E-state index contributed by atoms with van der Waals surface area (Å²) in [6.45, 7) is 0.818. The molecular formula is C16H19N3OS. The molecular weight excluding hydrogens is 282 g/mol. The van der Waals surface area contributed by atoms with Gasteiger partial charge in [0.1, 0.15) is 5.69 Å². The molecule has 1 aliphatic heterocycles. The zero-order chi connectivity index (χ0) is 14.6. The predicted molar refractivity (Wildman–Crippen MR) is 84.3 cm³/mol. The maximum absolute atomic E-state index is 13.0. The summed E-state index contributed by atoms with van der Waals surface area (Å²) in [4.78, 5) is 16.5. The molecule has 1 atom stereocenters. The first-order chi connectivity index (χ1) is 10.1. The van der Waals surface area contributed by atoms with Crippen molar-refractivity contribution in [1.29, 1.82) is 0 Å². The molecule has 1 amide bonds. The van der Waals surface area contributed by atoms with E-state index >= 15 is 0 Å². The molecule has 21 heavy (non-hydrogen) atoms. The Morgan fingerprint density at radius 2 is 2.24 bits per heavy atom. The van der Waals surface area contributed by atoms with E-state index in [1.165, 1.54) is 23.3 Å². The molecule has 2 aromatic heterocycles. The molecule has 0 saturated heterocycles. The average Bonchev–Trinajstić information content (AvgIpc) is 3.08. The molecule has 5 heteroatoms. The van der Waals surface area contributed by atoms with Crippen LogP contribution in [0.15, 0.2) is 23.7 Å². The molecule has 2 aromatic rings. The molecule has 1 saturated carbocycles. The van der Waals surface area contributed by atoms with Crippen molar-refractivity contribution in [3.8, 4) is 0 Å². The number of hydrogen-bond acceptors (Lipinski definition) is 3. The summed E-state index contributed by atoms with van der Waals surface area (Å²) >= 11 is 1.83. The number of thiophene rings is 1. The summed E-state index contributed by atoms with van der Waals surface area (Å²) in [5, 5.41) is 2.16. The Labute approximate surface area is 128 Å². The van der Waals surface area contributed by atoms with Crippen molar-refractivity contribution in [1.82, 2.24) is 9.47 Å². The summed E-state index contributed by atoms with van der Waals surface area (Å²) in [5.74, 6) is 0.753. The maximum Gasteiger partial charge on any atom is 0.271 e. The first-order valence-electron chi connectivity index (χ1n) is 7.44. The molecule has 0 bridgehead atoms. The zero-order valence-electron chi connectivity index (χ0n) is 12.1. The van der Waals surface area contributed by atoms with E-state index in [4.69, 9.17) is 5.73 Å². The van der Waals surface area contributed by atoms with Crippen LogP contribution in [0.3, 0.4) is 0 Å². The maximum atomic E-state index is 13.0. The second-order valence-corrected chi connectivity index (χ2v) is 7.10. The molecule has 4 rings (SSSR count). The topological polar surface area (TPSA) is 51.3 Å². The lowest BCUT2D eigenvalue weighted by molar-refractivity contribution is 0.0627. The highest BCUT2D eigenvalue weighted by Crippen LogP contribution is 2.48. The van der Waals surface area contributed by atoms with Crippen LogP contribution < -0.4 is 5.73 Å². The lowest BCUT2D eigenvalue weighted by atomic mass is 9.95. The lowest BCUT2D eigenvalue weighted by Gasteiger charge is -2.36. The van der Waals surface area contributed by atoms with E-state index in [2.05, 4.69) is 16.3 Å². The number of nitrogens with two attached hydrogens (primary N) is 1. The van der Waals surface area contributed by atoms with E-state index in [9.17, 15) is 4.79 Å². The smallest absolute Gasteiger partial charge is 0.271 e. The Morgan fingerprint density at radius 3 is 2.90 bits per heavy atom. The zero-order valence-corrected chi connectivity index (χ0v) is 12.9. The van der Waals surface area contributed by atoms with Gasteiger partial charge in [0, 0.05) is 24.7 Å². The van der Waals surface area contributed by atoms with Crippen LogP contribution in [-0.2, 0) is 13.5 Å². The Hall–Kier alpha value is -1.75. The fraction of sp³-hybridized carbons (Fsp3) is 0.438. The molecule has 1 fully saturated rings. The van der Waals surface area contributed by atoms with Crippen LogP contribution in [0.2, 0.25) is 0 Å². The van der Waals surface area contributed by atoms with Gasteiger partial charge in [-0.15, -0.1) is 11.3 Å². The first-order valence-corrected chi connectivity index (χ1v) is 8.32. The van der Waals surface area contributed by atoms with E-state index in [0.717, 1.165) is 13.0 Å². The number of aromatic nitrogens is 1. The van der Waals surface area contributed by atoms with Gasteiger partial charge in [-0.3, -0.25) is 4.79 Å². The van der Waals surface area contributed by atoms with Gasteiger partial charge in [-0.25, -0.2) is 0 Å². The van der Waals surface area contributed by atoms with Gasteiger partial charge in [-0.1, -0.05) is 0 Å². The van der Waals surface area contributed by atoms with Crippen LogP contribution in [0.1, 0.15) is 39.8 Å². The van der Waals surface area contributed by atoms with Crippen LogP contribution >= 0.6 is 11.3 Å². The third-order valence-corrected chi connectivity index (χ3v) is 5.59. The van der Waals surface area contributed by atoms with E-state index in [1.54, 1.807) is 12.3 Å². The van der Waals surface area contributed by atoms with Crippen molar-refractivity contribution in [2.24, 2.45) is 13.0 Å². The standard InChI is InChI=1S/C16H19N3OS/c1-18-9-11(17)8-13(18)16(20)19-6-4-14-12(5-7-21-14)15(19)10-2-3-10/h5,7-10,15H,2-4,6,17H2,1H3. The fourth-order valence-electron chi connectivity index (χ4n) is 3.44. The predicted octanol–water partition coefficient (Wildman–Crippen LogP) is 2.82. The second kappa shape index (κ2) is 4.63. The Balaban J connectivity index is 1.71. The van der Waals surface area contributed by atoms with Crippen molar-refractivity contribution in [2.75, 3.05) is 12.3 Å². The number of anilines is 1. The molecule has 1 aliphatic carbocycles. The number of nitrogen functional groups attached to an aromatic ring is 1. The number of carbonyl (C=O) groups is 1. The third kappa shape index (κ3) is 2.07. The molecule has 0 aromatic carbocycles. The van der Waals surface area contributed by atoms with Crippen molar-refractivity contribution in [2.45, 2.75) is 25.3 Å². The van der Waals surface area contributed by atoms with Crippen molar-refractivity contribution in [3.63, 3.8) is 0 Å². The van der Waals surface area contributed by atoms with E-state index in [0.29, 0.717) is 17.3 Å². The normalized spacial score (nSPS) is 21.4. The summed E-state index contributed by atoms with van der Waals surface area (Å²) in [7, 11) is 1.88. The highest BCUT2D eigenvalue weighted by molar-refractivity contribution is 7.10. The number of nitrogens with zero attached hydrogens (tertiary/aromatic N) is 2. The average molecular weight is 301 g/mol. The minimum atomic E-state index is 0.114. The van der Waals surface area contributed by atoms with E-state index in [1.807, 2.05) is 23.0 Å². The van der Waals surface area contributed by atoms with Gasteiger partial charge in [0.25, 0.3) is 5.91 Å². The Bertz CT molecular complexity index is 698. The molecule has 2 N–H and O–H groups in total. The molecule has 2 aliphatic rings. The number of aryl methyl sites for hydroxylation is 1. The molecule has 0 radical (unpaired) electrons. The number of hydrogen-bond donors (Lipinski definition) is 1. The SMILES string of the molecule is Cn1cc(N)cc1C(=O)N1CCc2sccc2C1C1CC1. The molecule has 110 valence electrons.